The molecular formula is C14H18F3NO2. The first-order valence-electron chi connectivity index (χ1n) is 6.73. The first-order chi connectivity index (χ1) is 9.29. The van der Waals surface area contributed by atoms with E-state index in [1.807, 2.05) is 0 Å². The maximum Gasteiger partial charge on any atom is 0.393 e. The Labute approximate surface area is 115 Å². The van der Waals surface area contributed by atoms with Gasteiger partial charge in [0.15, 0.2) is 0 Å². The van der Waals surface area contributed by atoms with E-state index >= 15 is 0 Å². The summed E-state index contributed by atoms with van der Waals surface area (Å²) in [6, 6.07) is 0.710. The molecule has 3 nitrogen and oxygen atoms in total. The molecule has 1 N–H and O–H groups in total. The molecule has 1 saturated carbocycles. The minimum Gasteiger partial charge on any atom is -0.466 e. The third-order valence-electron chi connectivity index (χ3n) is 3.79. The number of rotatable bonds is 2. The van der Waals surface area contributed by atoms with Gasteiger partial charge in [0.25, 0.3) is 5.91 Å². The highest BCUT2D eigenvalue weighted by atomic mass is 19.4. The van der Waals surface area contributed by atoms with E-state index < -0.39 is 24.0 Å². The van der Waals surface area contributed by atoms with E-state index in [-0.39, 0.29) is 6.42 Å². The summed E-state index contributed by atoms with van der Waals surface area (Å²) in [5.74, 6) is -0.933. The van der Waals surface area contributed by atoms with Gasteiger partial charge in [-0.3, -0.25) is 4.79 Å². The maximum atomic E-state index is 13.0. The van der Waals surface area contributed by atoms with Crippen LogP contribution in [0.5, 0.6) is 0 Å². The summed E-state index contributed by atoms with van der Waals surface area (Å²) < 4.78 is 44.1. The minimum absolute atomic E-state index is 0.0812. The van der Waals surface area contributed by atoms with Gasteiger partial charge in [0, 0.05) is 6.04 Å². The largest absolute Gasteiger partial charge is 0.466 e. The fraction of sp³-hybridized carbons (Fsp3) is 0.643. The summed E-state index contributed by atoms with van der Waals surface area (Å²) in [5.41, 5.74) is 0.314. The molecule has 112 valence electrons. The smallest absolute Gasteiger partial charge is 0.393 e. The van der Waals surface area contributed by atoms with Crippen LogP contribution in [0.3, 0.4) is 0 Å². The van der Waals surface area contributed by atoms with Crippen LogP contribution in [0.15, 0.2) is 10.5 Å². The van der Waals surface area contributed by atoms with Crippen molar-refractivity contribution in [2.75, 3.05) is 0 Å². The third-order valence-corrected chi connectivity index (χ3v) is 3.79. The number of hydrogen-bond acceptors (Lipinski definition) is 2. The highest BCUT2D eigenvalue weighted by molar-refractivity contribution is 5.95. The highest BCUT2D eigenvalue weighted by Gasteiger charge is 2.46. The quantitative estimate of drug-likeness (QED) is 0.901. The number of carbonyl (C=O) groups is 1. The van der Waals surface area contributed by atoms with Gasteiger partial charge in [-0.15, -0.1) is 0 Å². The molecule has 1 fully saturated rings. The van der Waals surface area contributed by atoms with Crippen molar-refractivity contribution in [1.29, 1.82) is 0 Å². The molecule has 0 aliphatic heterocycles. The van der Waals surface area contributed by atoms with Crippen molar-refractivity contribution in [2.45, 2.75) is 51.7 Å². The normalized spacial score (nSPS) is 23.6. The Hall–Kier alpha value is -1.46. The topological polar surface area (TPSA) is 42.2 Å². The van der Waals surface area contributed by atoms with Crippen molar-refractivity contribution >= 4 is 5.91 Å². The Morgan fingerprint density at radius 2 is 1.95 bits per heavy atom. The van der Waals surface area contributed by atoms with Gasteiger partial charge in [-0.2, -0.15) is 13.2 Å². The second kappa shape index (κ2) is 5.50. The molecule has 0 aromatic carbocycles. The minimum atomic E-state index is -4.26. The van der Waals surface area contributed by atoms with Gasteiger partial charge in [0.1, 0.15) is 11.5 Å². The number of halogens is 3. The Morgan fingerprint density at radius 1 is 1.30 bits per heavy atom. The molecule has 0 bridgehead atoms. The number of carbonyl (C=O) groups excluding carboxylic acids is 1. The van der Waals surface area contributed by atoms with Crippen LogP contribution >= 0.6 is 0 Å². The van der Waals surface area contributed by atoms with Crippen LogP contribution in [0.1, 0.15) is 47.6 Å². The summed E-state index contributed by atoms with van der Waals surface area (Å²) in [4.78, 5) is 12.1. The zero-order chi connectivity index (χ0) is 14.9. The molecule has 0 spiro atoms. The van der Waals surface area contributed by atoms with E-state index in [2.05, 4.69) is 5.32 Å². The van der Waals surface area contributed by atoms with Crippen molar-refractivity contribution in [3.05, 3.63) is 23.2 Å². The lowest BCUT2D eigenvalue weighted by atomic mass is 9.84. The standard InChI is InChI=1S/C14H18F3NO2/c1-8-7-10(9(2)20-8)13(19)18-12-6-4-3-5-11(12)14(15,16)17/h7,11-12H,3-6H2,1-2H3,(H,18,19)/t11-,12+/m0/s1. The van der Waals surface area contributed by atoms with Crippen molar-refractivity contribution < 1.29 is 22.4 Å². The molecule has 20 heavy (non-hydrogen) atoms. The van der Waals surface area contributed by atoms with Crippen LogP contribution < -0.4 is 5.32 Å². The van der Waals surface area contributed by atoms with Gasteiger partial charge in [-0.05, 0) is 32.8 Å². The summed E-state index contributed by atoms with van der Waals surface area (Å²) in [6.07, 6.45) is -2.55. The summed E-state index contributed by atoms with van der Waals surface area (Å²) >= 11 is 0. The van der Waals surface area contributed by atoms with Crippen LogP contribution in [0.25, 0.3) is 0 Å². The highest BCUT2D eigenvalue weighted by Crippen LogP contribution is 2.37. The summed E-state index contributed by atoms with van der Waals surface area (Å²) in [5, 5.41) is 2.53. The Bertz CT molecular complexity index is 493. The van der Waals surface area contributed by atoms with Crippen molar-refractivity contribution in [3.8, 4) is 0 Å². The summed E-state index contributed by atoms with van der Waals surface area (Å²) in [6.45, 7) is 3.33. The Morgan fingerprint density at radius 3 is 2.50 bits per heavy atom. The molecule has 1 aromatic rings. The van der Waals surface area contributed by atoms with Crippen LogP contribution in [0.4, 0.5) is 13.2 Å². The number of hydrogen-bond donors (Lipinski definition) is 1. The molecule has 2 atom stereocenters. The van der Waals surface area contributed by atoms with Gasteiger partial charge < -0.3 is 9.73 Å². The summed E-state index contributed by atoms with van der Waals surface area (Å²) in [7, 11) is 0. The van der Waals surface area contributed by atoms with Crippen molar-refractivity contribution in [1.82, 2.24) is 5.32 Å². The first-order valence-corrected chi connectivity index (χ1v) is 6.73. The van der Waals surface area contributed by atoms with E-state index in [1.165, 1.54) is 0 Å². The van der Waals surface area contributed by atoms with E-state index in [4.69, 9.17) is 4.42 Å². The number of nitrogens with one attached hydrogen (secondary N) is 1. The fourth-order valence-corrected chi connectivity index (χ4v) is 2.80. The molecule has 1 heterocycles. The van der Waals surface area contributed by atoms with Gasteiger partial charge in [0.05, 0.1) is 11.5 Å². The van der Waals surface area contributed by atoms with Crippen LogP contribution in [0.2, 0.25) is 0 Å². The molecule has 1 amide bonds. The molecule has 1 aromatic heterocycles. The maximum absolute atomic E-state index is 13.0. The molecule has 1 aliphatic rings. The average Bonchev–Trinajstić information content (AvgIpc) is 2.68. The number of furan rings is 1. The average molecular weight is 289 g/mol. The van der Waals surface area contributed by atoms with Gasteiger partial charge >= 0.3 is 6.18 Å². The lowest BCUT2D eigenvalue weighted by molar-refractivity contribution is -0.187. The predicted molar refractivity (Wildman–Crippen MR) is 67.4 cm³/mol. The lowest BCUT2D eigenvalue weighted by Gasteiger charge is -2.33. The third kappa shape index (κ3) is 3.16. The second-order valence-corrected chi connectivity index (χ2v) is 5.34. The predicted octanol–water partition coefficient (Wildman–Crippen LogP) is 3.75. The molecule has 1 aliphatic carbocycles. The zero-order valence-electron chi connectivity index (χ0n) is 11.5. The number of amides is 1. The molecule has 0 radical (unpaired) electrons. The second-order valence-electron chi connectivity index (χ2n) is 5.34. The van der Waals surface area contributed by atoms with Crippen molar-refractivity contribution in [3.63, 3.8) is 0 Å². The van der Waals surface area contributed by atoms with Gasteiger partial charge in [-0.25, -0.2) is 0 Å². The molecule has 0 saturated heterocycles. The van der Waals surface area contributed by atoms with Crippen LogP contribution in [-0.2, 0) is 0 Å². The van der Waals surface area contributed by atoms with E-state index in [1.54, 1.807) is 19.9 Å². The molecular weight excluding hydrogens is 271 g/mol. The van der Waals surface area contributed by atoms with Crippen LogP contribution in [-0.4, -0.2) is 18.1 Å². The monoisotopic (exact) mass is 289 g/mol. The number of aryl methyl sites for hydroxylation is 2. The Kier molecular flexibility index (Phi) is 4.11. The van der Waals surface area contributed by atoms with Gasteiger partial charge in [0.2, 0.25) is 0 Å². The fourth-order valence-electron chi connectivity index (χ4n) is 2.80. The SMILES string of the molecule is Cc1cc(C(=O)N[C@@H]2CCCC[C@@H]2C(F)(F)F)c(C)o1. The van der Waals surface area contributed by atoms with Crippen molar-refractivity contribution in [2.24, 2.45) is 5.92 Å². The van der Waals surface area contributed by atoms with E-state index in [0.29, 0.717) is 36.3 Å². The molecule has 6 heteroatoms. The zero-order valence-corrected chi connectivity index (χ0v) is 11.5. The lowest BCUT2D eigenvalue weighted by Crippen LogP contribution is -2.47. The van der Waals surface area contributed by atoms with Gasteiger partial charge in [-0.1, -0.05) is 12.8 Å². The first kappa shape index (κ1) is 14.9. The van der Waals surface area contributed by atoms with E-state index in [9.17, 15) is 18.0 Å². The number of alkyl halides is 3. The Balaban J connectivity index is 2.11. The van der Waals surface area contributed by atoms with E-state index in [0.717, 1.165) is 0 Å². The van der Waals surface area contributed by atoms with Crippen LogP contribution in [0, 0.1) is 19.8 Å². The molecule has 2 rings (SSSR count). The molecule has 0 unspecified atom stereocenters.